The van der Waals surface area contributed by atoms with Gasteiger partial charge in [0.05, 0.1) is 12.3 Å². The van der Waals surface area contributed by atoms with Gasteiger partial charge in [0.25, 0.3) is 5.91 Å². The lowest BCUT2D eigenvalue weighted by Gasteiger charge is -2.18. The molecule has 0 saturated heterocycles. The molecule has 1 aliphatic heterocycles. The van der Waals surface area contributed by atoms with Crippen LogP contribution in [0.25, 0.3) is 0 Å². The summed E-state index contributed by atoms with van der Waals surface area (Å²) in [7, 11) is 0. The van der Waals surface area contributed by atoms with E-state index in [1.54, 1.807) is 13.8 Å². The van der Waals surface area contributed by atoms with Crippen LogP contribution in [0.5, 0.6) is 0 Å². The number of aliphatic imine (C=N–C) groups is 1. The minimum Gasteiger partial charge on any atom is -0.461 e. The van der Waals surface area contributed by atoms with Crippen LogP contribution in [0.15, 0.2) is 9.79 Å². The highest BCUT2D eigenvalue weighted by Crippen LogP contribution is 2.18. The number of aromatic amines is 2. The van der Waals surface area contributed by atoms with Crippen molar-refractivity contribution in [2.24, 2.45) is 10.9 Å². The zero-order valence-corrected chi connectivity index (χ0v) is 13.4. The van der Waals surface area contributed by atoms with Crippen molar-refractivity contribution >= 4 is 34.7 Å². The summed E-state index contributed by atoms with van der Waals surface area (Å²) in [6.07, 6.45) is 0.379. The Bertz CT molecular complexity index is 720. The van der Waals surface area contributed by atoms with E-state index in [0.717, 1.165) is 11.8 Å². The molecule has 1 aromatic heterocycles. The van der Waals surface area contributed by atoms with Crippen LogP contribution in [-0.4, -0.2) is 39.5 Å². The predicted molar refractivity (Wildman–Crippen MR) is 83.0 cm³/mol. The largest absolute Gasteiger partial charge is 0.461 e. The third-order valence-corrected chi connectivity index (χ3v) is 4.00. The Labute approximate surface area is 135 Å². The molecular weight excluding hydrogens is 324 g/mol. The van der Waals surface area contributed by atoms with Crippen molar-refractivity contribution in [1.82, 2.24) is 15.3 Å². The number of carbonyl (C=O) groups is 3. The summed E-state index contributed by atoms with van der Waals surface area (Å²) < 4.78 is 4.84. The minimum atomic E-state index is -0.762. The van der Waals surface area contributed by atoms with Crippen LogP contribution in [0.4, 0.5) is 0 Å². The van der Waals surface area contributed by atoms with Crippen LogP contribution in [0.1, 0.15) is 36.5 Å². The molecule has 10 heteroatoms. The summed E-state index contributed by atoms with van der Waals surface area (Å²) in [5.41, 5.74) is -0.217. The lowest BCUT2D eigenvalue weighted by atomic mass is 10.0. The van der Waals surface area contributed by atoms with E-state index in [2.05, 4.69) is 20.3 Å². The SMILES string of the molecule is CCOC(=O)c1[nH]c(=O)[nH]c1CSC1=NC(=O)[C@H](CC)C(=O)N1. The molecule has 2 rings (SSSR count). The van der Waals surface area contributed by atoms with Gasteiger partial charge < -0.3 is 15.0 Å². The number of rotatable bonds is 5. The monoisotopic (exact) mass is 340 g/mol. The molecule has 0 saturated carbocycles. The second kappa shape index (κ2) is 7.27. The molecular formula is C13H16N4O5S. The van der Waals surface area contributed by atoms with Gasteiger partial charge in [-0.25, -0.2) is 9.59 Å². The Morgan fingerprint density at radius 3 is 2.61 bits per heavy atom. The smallest absolute Gasteiger partial charge is 0.356 e. The molecule has 23 heavy (non-hydrogen) atoms. The minimum absolute atomic E-state index is 0.0184. The average molecular weight is 340 g/mol. The number of ether oxygens (including phenoxy) is 1. The molecule has 9 nitrogen and oxygen atoms in total. The van der Waals surface area contributed by atoms with E-state index >= 15 is 0 Å². The molecule has 1 aliphatic rings. The molecule has 0 aromatic carbocycles. The summed E-state index contributed by atoms with van der Waals surface area (Å²) in [5.74, 6) is -2.18. The van der Waals surface area contributed by atoms with E-state index in [0.29, 0.717) is 12.1 Å². The molecule has 1 atom stereocenters. The Morgan fingerprint density at radius 2 is 2.00 bits per heavy atom. The maximum atomic E-state index is 11.8. The number of H-pyrrole nitrogens is 2. The maximum Gasteiger partial charge on any atom is 0.356 e. The van der Waals surface area contributed by atoms with Gasteiger partial charge in [-0.1, -0.05) is 18.7 Å². The summed E-state index contributed by atoms with van der Waals surface area (Å²) in [5, 5.41) is 2.67. The summed E-state index contributed by atoms with van der Waals surface area (Å²) in [4.78, 5) is 55.2. The Morgan fingerprint density at radius 1 is 1.26 bits per heavy atom. The molecule has 2 amide bonds. The van der Waals surface area contributed by atoms with Gasteiger partial charge in [-0.15, -0.1) is 0 Å². The highest BCUT2D eigenvalue weighted by molar-refractivity contribution is 8.13. The summed E-state index contributed by atoms with van der Waals surface area (Å²) in [6.45, 7) is 3.55. The highest BCUT2D eigenvalue weighted by Gasteiger charge is 2.30. The van der Waals surface area contributed by atoms with Crippen LogP contribution < -0.4 is 11.0 Å². The first-order valence-corrected chi connectivity index (χ1v) is 7.99. The first-order chi connectivity index (χ1) is 11.0. The van der Waals surface area contributed by atoms with Crippen molar-refractivity contribution in [2.45, 2.75) is 26.0 Å². The number of imidazole rings is 1. The number of aromatic nitrogens is 2. The van der Waals surface area contributed by atoms with Crippen LogP contribution in [-0.2, 0) is 20.1 Å². The summed E-state index contributed by atoms with van der Waals surface area (Å²) in [6, 6.07) is 0. The molecule has 1 aromatic rings. The standard InChI is InChI=1S/C13H16N4O5S/c1-3-6-9(18)16-13(17-10(6)19)23-5-7-8(11(20)22-4-2)15-12(21)14-7/h6H,3-5H2,1-2H3,(H2,14,15,21)(H,16,17,18,19). The number of amides is 2. The fraction of sp³-hybridized carbons (Fsp3) is 0.462. The molecule has 0 unspecified atom stereocenters. The van der Waals surface area contributed by atoms with Crippen LogP contribution in [0.3, 0.4) is 0 Å². The lowest BCUT2D eigenvalue weighted by molar-refractivity contribution is -0.133. The molecule has 0 bridgehead atoms. The quantitative estimate of drug-likeness (QED) is 0.516. The third kappa shape index (κ3) is 3.89. The number of thioether (sulfide) groups is 1. The Hall–Kier alpha value is -2.36. The van der Waals surface area contributed by atoms with Gasteiger partial charge in [0, 0.05) is 5.75 Å². The van der Waals surface area contributed by atoms with Crippen molar-refractivity contribution in [1.29, 1.82) is 0 Å². The van der Waals surface area contributed by atoms with Crippen molar-refractivity contribution in [3.8, 4) is 0 Å². The van der Waals surface area contributed by atoms with E-state index in [9.17, 15) is 19.2 Å². The van der Waals surface area contributed by atoms with E-state index in [4.69, 9.17) is 4.74 Å². The Kier molecular flexibility index (Phi) is 5.37. The molecule has 0 radical (unpaired) electrons. The number of nitrogens with zero attached hydrogens (tertiary/aromatic N) is 1. The lowest BCUT2D eigenvalue weighted by Crippen LogP contribution is -2.42. The molecule has 2 heterocycles. The van der Waals surface area contributed by atoms with Crippen molar-refractivity contribution in [3.63, 3.8) is 0 Å². The predicted octanol–water partition coefficient (Wildman–Crippen LogP) is 0.151. The van der Waals surface area contributed by atoms with E-state index in [1.165, 1.54) is 0 Å². The zero-order chi connectivity index (χ0) is 17.0. The van der Waals surface area contributed by atoms with Gasteiger partial charge in [0.1, 0.15) is 11.6 Å². The van der Waals surface area contributed by atoms with Gasteiger partial charge in [-0.05, 0) is 13.3 Å². The number of carbonyl (C=O) groups excluding carboxylic acids is 3. The Balaban J connectivity index is 2.10. The maximum absolute atomic E-state index is 11.8. The first-order valence-electron chi connectivity index (χ1n) is 7.00. The zero-order valence-electron chi connectivity index (χ0n) is 12.6. The fourth-order valence-corrected chi connectivity index (χ4v) is 2.81. The van der Waals surface area contributed by atoms with E-state index < -0.39 is 29.4 Å². The molecule has 0 fully saturated rings. The van der Waals surface area contributed by atoms with E-state index in [1.807, 2.05) is 0 Å². The molecule has 0 spiro atoms. The fourth-order valence-electron chi connectivity index (χ4n) is 1.99. The van der Waals surface area contributed by atoms with E-state index in [-0.39, 0.29) is 23.2 Å². The van der Waals surface area contributed by atoms with Crippen molar-refractivity contribution < 1.29 is 19.1 Å². The third-order valence-electron chi connectivity index (χ3n) is 3.10. The molecule has 0 aliphatic carbocycles. The van der Waals surface area contributed by atoms with Crippen molar-refractivity contribution in [2.75, 3.05) is 6.61 Å². The van der Waals surface area contributed by atoms with Crippen LogP contribution in [0, 0.1) is 5.92 Å². The number of hydrogen-bond donors (Lipinski definition) is 3. The van der Waals surface area contributed by atoms with Crippen LogP contribution in [0.2, 0.25) is 0 Å². The first kappa shape index (κ1) is 17.0. The van der Waals surface area contributed by atoms with Crippen molar-refractivity contribution in [3.05, 3.63) is 21.9 Å². The van der Waals surface area contributed by atoms with Gasteiger partial charge in [-0.2, -0.15) is 4.99 Å². The number of amidine groups is 1. The molecule has 3 N–H and O–H groups in total. The molecule has 124 valence electrons. The van der Waals surface area contributed by atoms with Gasteiger partial charge in [0.2, 0.25) is 5.91 Å². The van der Waals surface area contributed by atoms with Gasteiger partial charge >= 0.3 is 11.7 Å². The topological polar surface area (TPSA) is 133 Å². The highest BCUT2D eigenvalue weighted by atomic mass is 32.2. The normalized spacial score (nSPS) is 17.7. The second-order valence-electron chi connectivity index (χ2n) is 4.65. The average Bonchev–Trinajstić information content (AvgIpc) is 2.86. The number of nitrogens with one attached hydrogen (secondary N) is 3. The summed E-state index contributed by atoms with van der Waals surface area (Å²) >= 11 is 1.03. The number of hydrogen-bond acceptors (Lipinski definition) is 6. The number of esters is 1. The van der Waals surface area contributed by atoms with Crippen LogP contribution >= 0.6 is 11.8 Å². The van der Waals surface area contributed by atoms with Gasteiger partial charge in [-0.3, -0.25) is 14.6 Å². The second-order valence-corrected chi connectivity index (χ2v) is 5.61. The van der Waals surface area contributed by atoms with Gasteiger partial charge in [0.15, 0.2) is 5.17 Å².